The van der Waals surface area contributed by atoms with E-state index in [-0.39, 0.29) is 31.0 Å². The first-order valence-corrected chi connectivity index (χ1v) is 12.5. The van der Waals surface area contributed by atoms with Crippen molar-refractivity contribution in [3.8, 4) is 11.1 Å². The van der Waals surface area contributed by atoms with Crippen LogP contribution in [0.1, 0.15) is 63.5 Å². The number of rotatable bonds is 7. The third-order valence-corrected chi connectivity index (χ3v) is 7.79. The highest BCUT2D eigenvalue weighted by Crippen LogP contribution is 2.44. The normalized spacial score (nSPS) is 19.6. The van der Waals surface area contributed by atoms with Crippen LogP contribution in [0.4, 0.5) is 4.79 Å². The van der Waals surface area contributed by atoms with Gasteiger partial charge in [-0.3, -0.25) is 9.59 Å². The molecule has 2 unspecified atom stereocenters. The van der Waals surface area contributed by atoms with Crippen LogP contribution in [-0.4, -0.2) is 52.7 Å². The Morgan fingerprint density at radius 3 is 2.11 bits per heavy atom. The minimum absolute atomic E-state index is 0.0695. The molecule has 1 heterocycles. The molecule has 2 aliphatic rings. The number of ether oxygens (including phenoxy) is 1. The van der Waals surface area contributed by atoms with E-state index in [4.69, 9.17) is 4.74 Å². The first kappa shape index (κ1) is 24.8. The highest BCUT2D eigenvalue weighted by atomic mass is 16.5. The van der Waals surface area contributed by atoms with Crippen molar-refractivity contribution in [3.05, 3.63) is 59.7 Å². The maximum atomic E-state index is 13.6. The van der Waals surface area contributed by atoms with Crippen LogP contribution >= 0.6 is 0 Å². The molecule has 1 fully saturated rings. The third kappa shape index (κ3) is 4.64. The molecule has 1 aliphatic carbocycles. The molecular weight excluding hydrogens is 444 g/mol. The lowest BCUT2D eigenvalue weighted by Gasteiger charge is -2.42. The van der Waals surface area contributed by atoms with Gasteiger partial charge in [0.25, 0.3) is 0 Å². The summed E-state index contributed by atoms with van der Waals surface area (Å²) in [4.78, 5) is 39.8. The Morgan fingerprint density at radius 1 is 1.00 bits per heavy atom. The molecule has 7 heteroatoms. The summed E-state index contributed by atoms with van der Waals surface area (Å²) >= 11 is 0. The summed E-state index contributed by atoms with van der Waals surface area (Å²) in [5.41, 5.74) is 3.40. The van der Waals surface area contributed by atoms with Gasteiger partial charge >= 0.3 is 12.1 Å². The fourth-order valence-electron chi connectivity index (χ4n) is 5.48. The molecular formula is C28H34N2O5. The zero-order valence-corrected chi connectivity index (χ0v) is 20.6. The lowest BCUT2D eigenvalue weighted by molar-refractivity contribution is -0.150. The second kappa shape index (κ2) is 10.1. The predicted molar refractivity (Wildman–Crippen MR) is 133 cm³/mol. The van der Waals surface area contributed by atoms with Crippen molar-refractivity contribution in [3.63, 3.8) is 0 Å². The first-order chi connectivity index (χ1) is 16.8. The van der Waals surface area contributed by atoms with Gasteiger partial charge in [-0.2, -0.15) is 0 Å². The minimum Gasteiger partial charge on any atom is -0.481 e. The molecule has 2 aromatic carbocycles. The number of carboxylic acids is 1. The summed E-state index contributed by atoms with van der Waals surface area (Å²) in [5, 5.41) is 12.3. The summed E-state index contributed by atoms with van der Waals surface area (Å²) in [6.45, 7) is 5.96. The van der Waals surface area contributed by atoms with Crippen LogP contribution in [-0.2, 0) is 14.3 Å². The number of benzene rings is 2. The number of nitrogens with zero attached hydrogens (tertiary/aromatic N) is 1. The van der Waals surface area contributed by atoms with Crippen LogP contribution in [0.5, 0.6) is 0 Å². The van der Waals surface area contributed by atoms with Crippen molar-refractivity contribution in [1.82, 2.24) is 10.2 Å². The van der Waals surface area contributed by atoms with E-state index in [1.807, 2.05) is 45.0 Å². The Bertz CT molecular complexity index is 1060. The van der Waals surface area contributed by atoms with Gasteiger partial charge in [-0.25, -0.2) is 4.79 Å². The van der Waals surface area contributed by atoms with Crippen molar-refractivity contribution in [1.29, 1.82) is 0 Å². The van der Waals surface area contributed by atoms with Crippen molar-refractivity contribution >= 4 is 18.0 Å². The molecule has 2 atom stereocenters. The van der Waals surface area contributed by atoms with Crippen LogP contribution in [0, 0.1) is 5.92 Å². The minimum atomic E-state index is -1.14. The fourth-order valence-corrected chi connectivity index (χ4v) is 5.48. The number of nitrogens with one attached hydrogen (secondary N) is 1. The van der Waals surface area contributed by atoms with Crippen LogP contribution in [0.25, 0.3) is 11.1 Å². The molecule has 1 aliphatic heterocycles. The second-order valence-corrected chi connectivity index (χ2v) is 9.66. The molecule has 0 spiro atoms. The number of likely N-dealkylation sites (tertiary alicyclic amines) is 1. The number of hydrogen-bond donors (Lipinski definition) is 2. The van der Waals surface area contributed by atoms with Gasteiger partial charge in [0.15, 0.2) is 0 Å². The van der Waals surface area contributed by atoms with Gasteiger partial charge in [-0.1, -0.05) is 62.4 Å². The topological polar surface area (TPSA) is 95.9 Å². The van der Waals surface area contributed by atoms with E-state index >= 15 is 0 Å². The highest BCUT2D eigenvalue weighted by molar-refractivity contribution is 5.90. The third-order valence-electron chi connectivity index (χ3n) is 7.79. The number of carbonyl (C=O) groups is 3. The lowest BCUT2D eigenvalue weighted by Crippen LogP contribution is -2.62. The zero-order valence-electron chi connectivity index (χ0n) is 20.6. The van der Waals surface area contributed by atoms with Gasteiger partial charge in [0.1, 0.15) is 12.1 Å². The van der Waals surface area contributed by atoms with Crippen LogP contribution in [0.3, 0.4) is 0 Å². The number of carbonyl (C=O) groups excluding carboxylic acids is 2. The Kier molecular flexibility index (Phi) is 7.15. The SMILES string of the molecule is CCC(CC)(NC(=O)OCC1c2ccccc2-c2ccccc21)C(=O)N1CC(C(=O)O)CCC1C. The molecule has 2 amide bonds. The standard InChI is InChI=1S/C28H34N2O5/c1-4-28(5-2,26(33)30-16-19(25(31)32)15-14-18(30)3)29-27(34)35-17-24-22-12-8-6-10-20(22)21-11-7-9-13-23(21)24/h6-13,18-19,24H,4-5,14-17H2,1-3H3,(H,29,34)(H,31,32). The molecule has 1 saturated heterocycles. The summed E-state index contributed by atoms with van der Waals surface area (Å²) < 4.78 is 5.71. The predicted octanol–water partition coefficient (Wildman–Crippen LogP) is 4.80. The molecule has 0 radical (unpaired) electrons. The molecule has 2 N–H and O–H groups in total. The van der Waals surface area contributed by atoms with E-state index in [0.29, 0.717) is 25.7 Å². The molecule has 0 saturated carbocycles. The molecule has 35 heavy (non-hydrogen) atoms. The Labute approximate surface area is 206 Å². The Balaban J connectivity index is 1.48. The summed E-state index contributed by atoms with van der Waals surface area (Å²) in [7, 11) is 0. The van der Waals surface area contributed by atoms with E-state index in [2.05, 4.69) is 29.6 Å². The smallest absolute Gasteiger partial charge is 0.408 e. The summed E-state index contributed by atoms with van der Waals surface area (Å²) in [6, 6.07) is 16.2. The molecule has 7 nitrogen and oxygen atoms in total. The number of hydrogen-bond acceptors (Lipinski definition) is 4. The van der Waals surface area contributed by atoms with E-state index < -0.39 is 23.5 Å². The quantitative estimate of drug-likeness (QED) is 0.596. The van der Waals surface area contributed by atoms with Gasteiger partial charge in [-0.05, 0) is 54.9 Å². The average Bonchev–Trinajstić information content (AvgIpc) is 3.19. The van der Waals surface area contributed by atoms with Crippen LogP contribution < -0.4 is 5.32 Å². The number of aliphatic carboxylic acids is 1. The molecule has 0 aromatic heterocycles. The van der Waals surface area contributed by atoms with Gasteiger partial charge < -0.3 is 20.1 Å². The Hall–Kier alpha value is -3.35. The highest BCUT2D eigenvalue weighted by Gasteiger charge is 2.44. The monoisotopic (exact) mass is 478 g/mol. The van der Waals surface area contributed by atoms with Crippen LogP contribution in [0.15, 0.2) is 48.5 Å². The average molecular weight is 479 g/mol. The number of alkyl carbamates (subject to hydrolysis) is 1. The van der Waals surface area contributed by atoms with Crippen molar-refractivity contribution in [2.24, 2.45) is 5.92 Å². The van der Waals surface area contributed by atoms with Crippen LogP contribution in [0.2, 0.25) is 0 Å². The molecule has 0 bridgehead atoms. The Morgan fingerprint density at radius 2 is 1.57 bits per heavy atom. The maximum absolute atomic E-state index is 13.6. The lowest BCUT2D eigenvalue weighted by atomic mass is 9.87. The molecule has 4 rings (SSSR count). The van der Waals surface area contributed by atoms with E-state index in [1.165, 1.54) is 0 Å². The largest absolute Gasteiger partial charge is 0.481 e. The first-order valence-electron chi connectivity index (χ1n) is 12.5. The van der Waals surface area contributed by atoms with Gasteiger partial charge in [0.05, 0.1) is 5.92 Å². The van der Waals surface area contributed by atoms with Gasteiger partial charge in [0, 0.05) is 18.5 Å². The van der Waals surface area contributed by atoms with Crippen molar-refractivity contribution in [2.75, 3.05) is 13.2 Å². The number of amides is 2. The number of piperidine rings is 1. The van der Waals surface area contributed by atoms with Gasteiger partial charge in [0.2, 0.25) is 5.91 Å². The molecule has 2 aromatic rings. The summed E-state index contributed by atoms with van der Waals surface area (Å²) in [5.74, 6) is -1.79. The summed E-state index contributed by atoms with van der Waals surface area (Å²) in [6.07, 6.45) is 1.30. The van der Waals surface area contributed by atoms with Crippen molar-refractivity contribution in [2.45, 2.75) is 64.0 Å². The second-order valence-electron chi connectivity index (χ2n) is 9.66. The fraction of sp³-hybridized carbons (Fsp3) is 0.464. The van der Waals surface area contributed by atoms with E-state index in [0.717, 1.165) is 22.3 Å². The number of carboxylic acid groups (broad SMARTS) is 1. The van der Waals surface area contributed by atoms with Gasteiger partial charge in [-0.15, -0.1) is 0 Å². The zero-order chi connectivity index (χ0) is 25.2. The molecule has 186 valence electrons. The number of fused-ring (bicyclic) bond motifs is 3. The van der Waals surface area contributed by atoms with E-state index in [9.17, 15) is 19.5 Å². The van der Waals surface area contributed by atoms with Crippen molar-refractivity contribution < 1.29 is 24.2 Å². The maximum Gasteiger partial charge on any atom is 0.408 e. The van der Waals surface area contributed by atoms with E-state index in [1.54, 1.807) is 4.90 Å².